The van der Waals surface area contributed by atoms with Crippen LogP contribution >= 0.6 is 11.8 Å². The summed E-state index contributed by atoms with van der Waals surface area (Å²) in [4.78, 5) is 5.60. The zero-order valence-electron chi connectivity index (χ0n) is 16.1. The van der Waals surface area contributed by atoms with Crippen LogP contribution < -0.4 is 10.5 Å². The van der Waals surface area contributed by atoms with E-state index in [1.807, 2.05) is 6.92 Å². The van der Waals surface area contributed by atoms with Crippen LogP contribution in [0.5, 0.6) is 11.6 Å². The van der Waals surface area contributed by atoms with E-state index >= 15 is 0 Å². The number of ether oxygens (including phenoxy) is 1. The van der Waals surface area contributed by atoms with Crippen molar-refractivity contribution < 1.29 is 9.13 Å². The quantitative estimate of drug-likeness (QED) is 0.412. The van der Waals surface area contributed by atoms with Crippen LogP contribution in [0.4, 0.5) is 4.39 Å². The van der Waals surface area contributed by atoms with Gasteiger partial charge < -0.3 is 10.5 Å². The van der Waals surface area contributed by atoms with E-state index in [0.29, 0.717) is 29.4 Å². The second kappa shape index (κ2) is 9.01. The molecule has 0 saturated heterocycles. The van der Waals surface area contributed by atoms with E-state index in [1.165, 1.54) is 17.1 Å². The van der Waals surface area contributed by atoms with Gasteiger partial charge in [0.15, 0.2) is 5.82 Å². The first kappa shape index (κ1) is 20.0. The Hall–Kier alpha value is -3.31. The molecule has 0 saturated carbocycles. The fourth-order valence-electron chi connectivity index (χ4n) is 2.62. The summed E-state index contributed by atoms with van der Waals surface area (Å²) in [7, 11) is 0. The van der Waals surface area contributed by atoms with Crippen molar-refractivity contribution in [2.45, 2.75) is 18.8 Å². The Kier molecular flexibility index (Phi) is 6.00. The highest BCUT2D eigenvalue weighted by Gasteiger charge is 2.11. The molecule has 0 fully saturated rings. The van der Waals surface area contributed by atoms with E-state index in [4.69, 9.17) is 10.5 Å². The molecule has 4 aromatic rings. The lowest BCUT2D eigenvalue weighted by molar-refractivity contribution is 0.423. The van der Waals surface area contributed by atoms with Crippen LogP contribution in [0.3, 0.4) is 0 Å². The number of nitrogens with zero attached hydrogens (tertiary/aromatic N) is 6. The summed E-state index contributed by atoms with van der Waals surface area (Å²) in [5.41, 5.74) is 7.75. The molecule has 0 spiro atoms. The summed E-state index contributed by atoms with van der Waals surface area (Å²) in [5.74, 6) is 1.07. The van der Waals surface area contributed by atoms with Gasteiger partial charge in [-0.15, -0.1) is 22.0 Å². The van der Waals surface area contributed by atoms with Gasteiger partial charge in [0.2, 0.25) is 5.82 Å². The van der Waals surface area contributed by atoms with Crippen molar-refractivity contribution >= 4 is 11.8 Å². The van der Waals surface area contributed by atoms with E-state index in [1.54, 1.807) is 48.3 Å². The molecule has 4 rings (SSSR count). The summed E-state index contributed by atoms with van der Waals surface area (Å²) < 4.78 is 19.9. The predicted octanol–water partition coefficient (Wildman–Crippen LogP) is 3.09. The SMILES string of the molecule is CC(N)SCCn1nnc(-c2ccc(Oc3ncc(-c4ccn[nH]4)cc3F)cc2)n1. The summed E-state index contributed by atoms with van der Waals surface area (Å²) in [6.45, 7) is 2.56. The lowest BCUT2D eigenvalue weighted by Gasteiger charge is -2.07. The molecule has 0 radical (unpaired) electrons. The molecule has 0 bridgehead atoms. The van der Waals surface area contributed by atoms with Crippen molar-refractivity contribution in [2.24, 2.45) is 5.73 Å². The molecule has 3 aromatic heterocycles. The average molecular weight is 426 g/mol. The molecular formula is C19H19FN8OS. The Morgan fingerprint density at radius 3 is 2.77 bits per heavy atom. The number of hydrogen-bond acceptors (Lipinski definition) is 8. The average Bonchev–Trinajstić information content (AvgIpc) is 3.42. The molecule has 30 heavy (non-hydrogen) atoms. The van der Waals surface area contributed by atoms with Crippen molar-refractivity contribution in [2.75, 3.05) is 5.75 Å². The lowest BCUT2D eigenvalue weighted by Crippen LogP contribution is -2.13. The van der Waals surface area contributed by atoms with Crippen molar-refractivity contribution in [1.82, 2.24) is 35.4 Å². The topological polar surface area (TPSA) is 120 Å². The normalized spacial score (nSPS) is 12.1. The monoisotopic (exact) mass is 426 g/mol. The fourth-order valence-corrected chi connectivity index (χ4v) is 3.26. The number of aromatic nitrogens is 7. The summed E-state index contributed by atoms with van der Waals surface area (Å²) in [6, 6.07) is 10.0. The van der Waals surface area contributed by atoms with E-state index in [9.17, 15) is 4.39 Å². The van der Waals surface area contributed by atoms with Gasteiger partial charge in [-0.05, 0) is 48.5 Å². The Labute approximate surface area is 175 Å². The number of rotatable bonds is 8. The van der Waals surface area contributed by atoms with Crippen LogP contribution in [0, 0.1) is 5.82 Å². The minimum absolute atomic E-state index is 0.0709. The number of H-pyrrole nitrogens is 1. The highest BCUT2D eigenvalue weighted by molar-refractivity contribution is 7.99. The summed E-state index contributed by atoms with van der Waals surface area (Å²) in [5, 5.41) is 19.2. The number of benzene rings is 1. The third-order valence-corrected chi connectivity index (χ3v) is 5.02. The molecule has 0 amide bonds. The first-order valence-corrected chi connectivity index (χ1v) is 10.2. The van der Waals surface area contributed by atoms with Crippen LogP contribution in [-0.2, 0) is 6.54 Å². The summed E-state index contributed by atoms with van der Waals surface area (Å²) >= 11 is 1.63. The number of pyridine rings is 1. The van der Waals surface area contributed by atoms with Gasteiger partial charge in [-0.25, -0.2) is 9.37 Å². The maximum atomic E-state index is 14.4. The largest absolute Gasteiger partial charge is 0.436 e. The smallest absolute Gasteiger partial charge is 0.255 e. The number of nitrogens with one attached hydrogen (secondary N) is 1. The molecule has 0 aliphatic rings. The zero-order valence-corrected chi connectivity index (χ0v) is 16.9. The number of nitrogens with two attached hydrogens (primary N) is 1. The van der Waals surface area contributed by atoms with Crippen molar-refractivity contribution in [3.63, 3.8) is 0 Å². The predicted molar refractivity (Wildman–Crippen MR) is 111 cm³/mol. The molecule has 3 heterocycles. The molecule has 1 atom stereocenters. The van der Waals surface area contributed by atoms with Gasteiger partial charge in [-0.1, -0.05) is 0 Å². The van der Waals surface area contributed by atoms with Crippen LogP contribution in [-0.4, -0.2) is 46.5 Å². The number of halogens is 1. The maximum absolute atomic E-state index is 14.4. The van der Waals surface area contributed by atoms with Gasteiger partial charge in [0.25, 0.3) is 5.88 Å². The molecule has 1 aromatic carbocycles. The molecule has 1 unspecified atom stereocenters. The molecular weight excluding hydrogens is 407 g/mol. The van der Waals surface area contributed by atoms with Gasteiger partial charge >= 0.3 is 0 Å². The van der Waals surface area contributed by atoms with Crippen LogP contribution in [0.2, 0.25) is 0 Å². The Morgan fingerprint density at radius 1 is 1.23 bits per heavy atom. The fraction of sp³-hybridized carbons (Fsp3) is 0.211. The number of thioether (sulfide) groups is 1. The highest BCUT2D eigenvalue weighted by atomic mass is 32.2. The van der Waals surface area contributed by atoms with E-state index < -0.39 is 5.82 Å². The number of aryl methyl sites for hydroxylation is 1. The van der Waals surface area contributed by atoms with Crippen molar-refractivity contribution in [3.8, 4) is 34.3 Å². The second-order valence-corrected chi connectivity index (χ2v) is 7.88. The molecule has 154 valence electrons. The van der Waals surface area contributed by atoms with Crippen molar-refractivity contribution in [1.29, 1.82) is 0 Å². The first-order chi connectivity index (χ1) is 14.6. The van der Waals surface area contributed by atoms with Gasteiger partial charge in [0.1, 0.15) is 5.75 Å². The lowest BCUT2D eigenvalue weighted by atomic mass is 10.2. The molecule has 3 N–H and O–H groups in total. The summed E-state index contributed by atoms with van der Waals surface area (Å²) in [6.07, 6.45) is 3.11. The van der Waals surface area contributed by atoms with Gasteiger partial charge in [-0.3, -0.25) is 5.10 Å². The van der Waals surface area contributed by atoms with Crippen LogP contribution in [0.15, 0.2) is 48.8 Å². The van der Waals surface area contributed by atoms with Gasteiger partial charge in [0, 0.05) is 34.6 Å². The molecule has 0 aliphatic carbocycles. The van der Waals surface area contributed by atoms with E-state index in [-0.39, 0.29) is 11.3 Å². The maximum Gasteiger partial charge on any atom is 0.255 e. The Morgan fingerprint density at radius 2 is 2.07 bits per heavy atom. The Balaban J connectivity index is 1.41. The third kappa shape index (κ3) is 4.81. The highest BCUT2D eigenvalue weighted by Crippen LogP contribution is 2.27. The minimum Gasteiger partial charge on any atom is -0.436 e. The third-order valence-electron chi connectivity index (χ3n) is 4.07. The van der Waals surface area contributed by atoms with Gasteiger partial charge in [-0.2, -0.15) is 9.90 Å². The number of aromatic amines is 1. The molecule has 0 aliphatic heterocycles. The van der Waals surface area contributed by atoms with E-state index in [0.717, 1.165) is 11.3 Å². The zero-order chi connectivity index (χ0) is 20.9. The standard InChI is InChI=1S/C19H19FN8OS/c1-12(21)30-9-8-28-26-18(25-27-28)13-2-4-15(5-3-13)29-19-16(20)10-14(11-22-19)17-6-7-23-24-17/h2-7,10-12H,8-9,21H2,1H3,(H,23,24). The van der Waals surface area contributed by atoms with E-state index in [2.05, 4.69) is 30.6 Å². The minimum atomic E-state index is -0.569. The molecule has 11 heteroatoms. The number of hydrogen-bond donors (Lipinski definition) is 2. The van der Waals surface area contributed by atoms with Gasteiger partial charge in [0.05, 0.1) is 12.2 Å². The molecule has 9 nitrogen and oxygen atoms in total. The van der Waals surface area contributed by atoms with Crippen LogP contribution in [0.1, 0.15) is 6.92 Å². The number of tetrazole rings is 1. The van der Waals surface area contributed by atoms with Crippen molar-refractivity contribution in [3.05, 3.63) is 54.6 Å². The van der Waals surface area contributed by atoms with Crippen LogP contribution in [0.25, 0.3) is 22.6 Å². The first-order valence-electron chi connectivity index (χ1n) is 9.17. The second-order valence-electron chi connectivity index (χ2n) is 6.39. The Bertz CT molecular complexity index is 1100.